The van der Waals surface area contributed by atoms with Gasteiger partial charge in [0.25, 0.3) is 0 Å². The van der Waals surface area contributed by atoms with Gasteiger partial charge in [0, 0.05) is 44.5 Å². The number of halogens is 1. The molecule has 0 radical (unpaired) electrons. The summed E-state index contributed by atoms with van der Waals surface area (Å²) in [6.07, 6.45) is 2.49. The van der Waals surface area contributed by atoms with Crippen LogP contribution in [0.15, 0.2) is 18.5 Å². The summed E-state index contributed by atoms with van der Waals surface area (Å²) in [5.74, 6) is 1.15. The normalized spacial score (nSPS) is 14.9. The number of methoxy groups -OCH3 is 1. The molecular weight excluding hydrogens is 386 g/mol. The Balaban J connectivity index is 1.74. The highest BCUT2D eigenvalue weighted by atomic mass is 35.5. The van der Waals surface area contributed by atoms with E-state index in [0.717, 1.165) is 0 Å². The summed E-state index contributed by atoms with van der Waals surface area (Å²) in [4.78, 5) is 21.8. The van der Waals surface area contributed by atoms with E-state index in [-0.39, 0.29) is 12.2 Å². The molecule has 1 saturated heterocycles. The molecule has 1 aliphatic heterocycles. The Hall–Kier alpha value is -2.32. The monoisotopic (exact) mass is 409 g/mol. The molecule has 2 aromatic rings. The topological polar surface area (TPSA) is 83.0 Å². The molecule has 0 atom stereocenters. The maximum atomic E-state index is 11.9. The van der Waals surface area contributed by atoms with Crippen LogP contribution in [0.3, 0.4) is 0 Å². The van der Waals surface area contributed by atoms with E-state index < -0.39 is 0 Å². The van der Waals surface area contributed by atoms with E-state index in [0.29, 0.717) is 73.3 Å². The van der Waals surface area contributed by atoms with Crippen molar-refractivity contribution in [1.29, 1.82) is 0 Å². The van der Waals surface area contributed by atoms with Crippen LogP contribution in [0, 0.1) is 0 Å². The molecular formula is C19H24ClN3O5. The van der Waals surface area contributed by atoms with E-state index in [2.05, 4.69) is 9.97 Å². The molecule has 3 rings (SSSR count). The highest BCUT2D eigenvalue weighted by Crippen LogP contribution is 2.35. The van der Waals surface area contributed by atoms with Gasteiger partial charge in [0.1, 0.15) is 24.2 Å². The Kier molecular flexibility index (Phi) is 7.11. The lowest BCUT2D eigenvalue weighted by Gasteiger charge is -2.31. The number of nitrogens with zero attached hydrogens (tertiary/aromatic N) is 3. The van der Waals surface area contributed by atoms with Gasteiger partial charge >= 0.3 is 6.09 Å². The van der Waals surface area contributed by atoms with Crippen molar-refractivity contribution in [3.8, 4) is 11.5 Å². The van der Waals surface area contributed by atoms with Crippen LogP contribution in [0.25, 0.3) is 10.9 Å². The van der Waals surface area contributed by atoms with Crippen molar-refractivity contribution in [2.45, 2.75) is 25.9 Å². The zero-order chi connectivity index (χ0) is 19.9. The molecule has 9 heteroatoms. The largest absolute Gasteiger partial charge is 0.487 e. The highest BCUT2D eigenvalue weighted by molar-refractivity contribution is 6.34. The first-order chi connectivity index (χ1) is 13.6. The fraction of sp³-hybridized carbons (Fsp3) is 0.526. The zero-order valence-electron chi connectivity index (χ0n) is 16.0. The van der Waals surface area contributed by atoms with Crippen molar-refractivity contribution in [3.05, 3.63) is 23.6 Å². The molecule has 0 aliphatic carbocycles. The second kappa shape index (κ2) is 9.75. The smallest absolute Gasteiger partial charge is 0.409 e. The van der Waals surface area contributed by atoms with Gasteiger partial charge in [-0.1, -0.05) is 11.6 Å². The van der Waals surface area contributed by atoms with Crippen LogP contribution >= 0.6 is 11.6 Å². The summed E-state index contributed by atoms with van der Waals surface area (Å²) >= 11 is 6.21. The average molecular weight is 410 g/mol. The lowest BCUT2D eigenvalue weighted by atomic mass is 10.1. The van der Waals surface area contributed by atoms with Crippen molar-refractivity contribution < 1.29 is 23.7 Å². The summed E-state index contributed by atoms with van der Waals surface area (Å²) < 4.78 is 22.1. The molecule has 1 fully saturated rings. The second-order valence-corrected chi connectivity index (χ2v) is 6.68. The summed E-state index contributed by atoms with van der Waals surface area (Å²) in [5.41, 5.74) is 0.678. The number of aromatic nitrogens is 2. The lowest BCUT2D eigenvalue weighted by Crippen LogP contribution is -2.42. The number of carbonyl (C=O) groups is 1. The molecule has 1 amide bonds. The Morgan fingerprint density at radius 2 is 2.00 bits per heavy atom. The first-order valence-electron chi connectivity index (χ1n) is 9.26. The van der Waals surface area contributed by atoms with Gasteiger partial charge < -0.3 is 23.8 Å². The fourth-order valence-electron chi connectivity index (χ4n) is 3.02. The van der Waals surface area contributed by atoms with Gasteiger partial charge in [0.05, 0.1) is 18.7 Å². The number of amides is 1. The molecule has 0 spiro atoms. The number of benzene rings is 1. The predicted molar refractivity (Wildman–Crippen MR) is 104 cm³/mol. The van der Waals surface area contributed by atoms with E-state index in [1.165, 1.54) is 6.33 Å². The number of hydrogen-bond donors (Lipinski definition) is 0. The van der Waals surface area contributed by atoms with Crippen LogP contribution < -0.4 is 9.47 Å². The zero-order valence-corrected chi connectivity index (χ0v) is 16.8. The number of rotatable bonds is 7. The predicted octanol–water partition coefficient (Wildman–Crippen LogP) is 3.31. The third kappa shape index (κ3) is 4.94. The van der Waals surface area contributed by atoms with Crippen molar-refractivity contribution >= 4 is 28.6 Å². The standard InChI is InChI=1S/C19H24ClN3O5/c1-3-26-19(24)23-6-4-13(5-7-23)28-17-10-14-15(21-12-22-18(14)20)11-16(17)27-9-8-25-2/h10-13H,3-9H2,1-2H3. The van der Waals surface area contributed by atoms with E-state index >= 15 is 0 Å². The minimum Gasteiger partial charge on any atom is -0.487 e. The number of carbonyl (C=O) groups excluding carboxylic acids is 1. The van der Waals surface area contributed by atoms with Crippen LogP contribution in [0.1, 0.15) is 19.8 Å². The summed E-state index contributed by atoms with van der Waals surface area (Å²) in [6, 6.07) is 3.60. The van der Waals surface area contributed by atoms with E-state index in [4.69, 9.17) is 30.5 Å². The summed E-state index contributed by atoms with van der Waals surface area (Å²) in [5, 5.41) is 1.05. The molecule has 0 bridgehead atoms. The number of ether oxygens (including phenoxy) is 4. The minimum absolute atomic E-state index is 0.0451. The van der Waals surface area contributed by atoms with Gasteiger partial charge in [-0.05, 0) is 13.0 Å². The summed E-state index contributed by atoms with van der Waals surface area (Å²) in [7, 11) is 1.62. The molecule has 1 aromatic heterocycles. The Morgan fingerprint density at radius 1 is 1.21 bits per heavy atom. The number of fused-ring (bicyclic) bond motifs is 1. The molecule has 0 saturated carbocycles. The van der Waals surface area contributed by atoms with Crippen LogP contribution in [0.2, 0.25) is 5.15 Å². The summed E-state index contributed by atoms with van der Waals surface area (Å²) in [6.45, 7) is 4.19. The van der Waals surface area contributed by atoms with Crippen molar-refractivity contribution in [2.75, 3.05) is 40.0 Å². The number of hydrogen-bond acceptors (Lipinski definition) is 7. The Bertz CT molecular complexity index is 812. The number of likely N-dealkylation sites (tertiary alicyclic amines) is 1. The molecule has 2 heterocycles. The van der Waals surface area contributed by atoms with E-state index in [9.17, 15) is 4.79 Å². The number of piperidine rings is 1. The molecule has 28 heavy (non-hydrogen) atoms. The van der Waals surface area contributed by atoms with Crippen LogP contribution in [0.5, 0.6) is 11.5 Å². The molecule has 0 N–H and O–H groups in total. The van der Waals surface area contributed by atoms with Gasteiger partial charge in [-0.2, -0.15) is 0 Å². The Labute approximate surface area is 168 Å². The van der Waals surface area contributed by atoms with Gasteiger partial charge in [0.2, 0.25) is 0 Å². The SMILES string of the molecule is CCOC(=O)N1CCC(Oc2cc3c(Cl)ncnc3cc2OCCOC)CC1. The third-order valence-corrected chi connectivity index (χ3v) is 4.76. The quantitative estimate of drug-likeness (QED) is 0.512. The maximum Gasteiger partial charge on any atom is 0.409 e. The van der Waals surface area contributed by atoms with Gasteiger partial charge in [-0.25, -0.2) is 14.8 Å². The maximum absolute atomic E-state index is 11.9. The van der Waals surface area contributed by atoms with Crippen molar-refractivity contribution in [2.24, 2.45) is 0 Å². The van der Waals surface area contributed by atoms with Crippen LogP contribution in [0.4, 0.5) is 4.79 Å². The molecule has 1 aliphatic rings. The second-order valence-electron chi connectivity index (χ2n) is 6.33. The van der Waals surface area contributed by atoms with Crippen LogP contribution in [-0.4, -0.2) is 67.1 Å². The molecule has 0 unspecified atom stereocenters. The van der Waals surface area contributed by atoms with Gasteiger partial charge in [-0.15, -0.1) is 0 Å². The average Bonchev–Trinajstić information content (AvgIpc) is 2.70. The van der Waals surface area contributed by atoms with Gasteiger partial charge in [-0.3, -0.25) is 0 Å². The molecule has 8 nitrogen and oxygen atoms in total. The first-order valence-corrected chi connectivity index (χ1v) is 9.64. The third-order valence-electron chi connectivity index (χ3n) is 4.46. The highest BCUT2D eigenvalue weighted by Gasteiger charge is 2.25. The minimum atomic E-state index is -0.279. The lowest BCUT2D eigenvalue weighted by molar-refractivity contribution is 0.0685. The fourth-order valence-corrected chi connectivity index (χ4v) is 3.22. The van der Waals surface area contributed by atoms with Crippen molar-refractivity contribution in [3.63, 3.8) is 0 Å². The van der Waals surface area contributed by atoms with Gasteiger partial charge in [0.15, 0.2) is 11.5 Å². The first kappa shape index (κ1) is 20.4. The van der Waals surface area contributed by atoms with E-state index in [1.54, 1.807) is 31.1 Å². The molecule has 1 aromatic carbocycles. The van der Waals surface area contributed by atoms with Crippen molar-refractivity contribution in [1.82, 2.24) is 14.9 Å². The van der Waals surface area contributed by atoms with E-state index in [1.807, 2.05) is 0 Å². The molecule has 152 valence electrons. The van der Waals surface area contributed by atoms with Crippen LogP contribution in [-0.2, 0) is 9.47 Å². The Morgan fingerprint density at radius 3 is 2.71 bits per heavy atom.